The summed E-state index contributed by atoms with van der Waals surface area (Å²) in [5.41, 5.74) is 2.41. The van der Waals surface area contributed by atoms with Gasteiger partial charge in [0.05, 0.1) is 22.9 Å². The molecule has 0 N–H and O–H groups in total. The molecule has 0 aliphatic carbocycles. The number of hydrogen-bond acceptors (Lipinski definition) is 5. The highest BCUT2D eigenvalue weighted by atomic mass is 79.9. The fourth-order valence-electron chi connectivity index (χ4n) is 1.74. The van der Waals surface area contributed by atoms with Crippen molar-refractivity contribution in [3.05, 3.63) is 33.5 Å². The minimum atomic E-state index is 0.388. The van der Waals surface area contributed by atoms with Gasteiger partial charge in [0.25, 0.3) is 0 Å². The number of aromatic nitrogens is 3. The van der Waals surface area contributed by atoms with E-state index in [1.54, 1.807) is 18.8 Å². The molecular formula is C12H7BrClN3OS. The summed E-state index contributed by atoms with van der Waals surface area (Å²) in [5.74, 6) is 1.21. The maximum atomic E-state index is 6.26. The summed E-state index contributed by atoms with van der Waals surface area (Å²) in [5, 5.41) is 1.13. The molecular weight excluding hydrogens is 350 g/mol. The Kier molecular flexibility index (Phi) is 3.38. The van der Waals surface area contributed by atoms with Gasteiger partial charge in [0.15, 0.2) is 5.82 Å². The Labute approximate surface area is 126 Å². The van der Waals surface area contributed by atoms with Crippen LogP contribution in [0.1, 0.15) is 0 Å². The fraction of sp³-hybridized carbons (Fsp3) is 0.0833. The smallest absolute Gasteiger partial charge is 0.173 e. The van der Waals surface area contributed by atoms with Crippen LogP contribution in [0.2, 0.25) is 5.15 Å². The van der Waals surface area contributed by atoms with Gasteiger partial charge in [-0.3, -0.25) is 4.98 Å². The maximum absolute atomic E-state index is 6.26. The number of thiazole rings is 1. The normalized spacial score (nSPS) is 10.9. The zero-order chi connectivity index (χ0) is 13.4. The molecule has 4 nitrogen and oxygen atoms in total. The monoisotopic (exact) mass is 355 g/mol. The Balaban J connectivity index is 2.36. The van der Waals surface area contributed by atoms with Crippen LogP contribution in [0.3, 0.4) is 0 Å². The van der Waals surface area contributed by atoms with E-state index < -0.39 is 0 Å². The Morgan fingerprint density at radius 2 is 2.16 bits per heavy atom. The summed E-state index contributed by atoms with van der Waals surface area (Å²) in [4.78, 5) is 13.7. The third kappa shape index (κ3) is 2.20. The number of halogens is 2. The predicted molar refractivity (Wildman–Crippen MR) is 79.9 cm³/mol. The van der Waals surface area contributed by atoms with Crippen molar-refractivity contribution in [3.8, 4) is 16.5 Å². The van der Waals surface area contributed by atoms with Crippen LogP contribution in [0.15, 0.2) is 28.3 Å². The molecule has 0 spiro atoms. The van der Waals surface area contributed by atoms with Crippen LogP contribution in [-0.4, -0.2) is 22.1 Å². The zero-order valence-corrected chi connectivity index (χ0v) is 12.9. The van der Waals surface area contributed by atoms with Crippen molar-refractivity contribution in [3.63, 3.8) is 0 Å². The SMILES string of the molecule is COc1ccc(Br)c2c(Cl)nc(-c3cncs3)nc12. The molecule has 3 rings (SSSR count). The van der Waals surface area contributed by atoms with E-state index in [2.05, 4.69) is 30.9 Å². The Hall–Kier alpha value is -1.24. The molecule has 0 aliphatic rings. The molecule has 1 aromatic carbocycles. The largest absolute Gasteiger partial charge is 0.494 e. The number of rotatable bonds is 2. The first-order chi connectivity index (χ1) is 9.20. The number of fused-ring (bicyclic) bond motifs is 1. The van der Waals surface area contributed by atoms with Crippen molar-refractivity contribution < 1.29 is 4.74 Å². The van der Waals surface area contributed by atoms with E-state index >= 15 is 0 Å². The number of benzene rings is 1. The molecule has 2 aromatic heterocycles. The van der Waals surface area contributed by atoms with E-state index in [0.717, 1.165) is 14.7 Å². The molecule has 0 fully saturated rings. The number of hydrogen-bond donors (Lipinski definition) is 0. The molecule has 0 aliphatic heterocycles. The second-order valence-corrected chi connectivity index (χ2v) is 5.78. The van der Waals surface area contributed by atoms with E-state index in [4.69, 9.17) is 16.3 Å². The molecule has 0 radical (unpaired) electrons. The molecule has 3 aromatic rings. The van der Waals surface area contributed by atoms with Crippen molar-refractivity contribution in [1.82, 2.24) is 15.0 Å². The number of nitrogens with zero attached hydrogens (tertiary/aromatic N) is 3. The van der Waals surface area contributed by atoms with Gasteiger partial charge in [0.1, 0.15) is 16.4 Å². The van der Waals surface area contributed by atoms with Crippen molar-refractivity contribution >= 4 is 49.8 Å². The molecule has 0 atom stereocenters. The molecule has 0 amide bonds. The molecule has 19 heavy (non-hydrogen) atoms. The highest BCUT2D eigenvalue weighted by Crippen LogP contribution is 2.36. The van der Waals surface area contributed by atoms with Gasteiger partial charge in [-0.15, -0.1) is 11.3 Å². The van der Waals surface area contributed by atoms with Crippen LogP contribution < -0.4 is 4.74 Å². The number of methoxy groups -OCH3 is 1. The van der Waals surface area contributed by atoms with E-state index in [0.29, 0.717) is 22.2 Å². The van der Waals surface area contributed by atoms with Crippen LogP contribution in [0.25, 0.3) is 21.6 Å². The van der Waals surface area contributed by atoms with Gasteiger partial charge in [-0.2, -0.15) is 0 Å². The average Bonchev–Trinajstić information content (AvgIpc) is 2.92. The molecule has 0 saturated carbocycles. The van der Waals surface area contributed by atoms with Crippen molar-refractivity contribution in [1.29, 1.82) is 0 Å². The van der Waals surface area contributed by atoms with Crippen LogP contribution in [0, 0.1) is 0 Å². The average molecular weight is 357 g/mol. The van der Waals surface area contributed by atoms with Gasteiger partial charge in [0, 0.05) is 10.7 Å². The van der Waals surface area contributed by atoms with Crippen molar-refractivity contribution in [2.24, 2.45) is 0 Å². The van der Waals surface area contributed by atoms with Gasteiger partial charge in [-0.1, -0.05) is 11.6 Å². The molecule has 2 heterocycles. The van der Waals surface area contributed by atoms with E-state index in [-0.39, 0.29) is 0 Å². The van der Waals surface area contributed by atoms with Crippen molar-refractivity contribution in [2.45, 2.75) is 0 Å². The minimum Gasteiger partial charge on any atom is -0.494 e. The lowest BCUT2D eigenvalue weighted by Crippen LogP contribution is -1.94. The van der Waals surface area contributed by atoms with Crippen LogP contribution in [0.5, 0.6) is 5.75 Å². The Morgan fingerprint density at radius 3 is 2.84 bits per heavy atom. The molecule has 0 saturated heterocycles. The van der Waals surface area contributed by atoms with Gasteiger partial charge in [-0.05, 0) is 28.1 Å². The maximum Gasteiger partial charge on any atom is 0.173 e. The summed E-state index contributed by atoms with van der Waals surface area (Å²) in [6.07, 6.45) is 1.71. The second kappa shape index (κ2) is 5.03. The summed E-state index contributed by atoms with van der Waals surface area (Å²) >= 11 is 11.2. The first-order valence-corrected chi connectivity index (χ1v) is 7.34. The standard InChI is InChI=1S/C12H7BrClN3OS/c1-18-7-3-2-6(13)9-10(7)16-12(17-11(9)14)8-4-15-5-19-8/h2-5H,1H3. The summed E-state index contributed by atoms with van der Waals surface area (Å²) in [6, 6.07) is 3.70. The molecule has 7 heteroatoms. The molecule has 0 bridgehead atoms. The van der Waals surface area contributed by atoms with Gasteiger partial charge < -0.3 is 4.74 Å². The topological polar surface area (TPSA) is 47.9 Å². The third-order valence-electron chi connectivity index (χ3n) is 2.59. The van der Waals surface area contributed by atoms with E-state index in [1.165, 1.54) is 11.3 Å². The van der Waals surface area contributed by atoms with Gasteiger partial charge in [-0.25, -0.2) is 9.97 Å². The highest BCUT2D eigenvalue weighted by molar-refractivity contribution is 9.10. The zero-order valence-electron chi connectivity index (χ0n) is 9.72. The first-order valence-electron chi connectivity index (χ1n) is 5.29. The predicted octanol–water partition coefficient (Wildman–Crippen LogP) is 4.18. The summed E-state index contributed by atoms with van der Waals surface area (Å²) in [7, 11) is 1.60. The lowest BCUT2D eigenvalue weighted by molar-refractivity contribution is 0.419. The Bertz CT molecular complexity index is 748. The second-order valence-electron chi connectivity index (χ2n) is 3.68. The van der Waals surface area contributed by atoms with Crippen LogP contribution in [-0.2, 0) is 0 Å². The van der Waals surface area contributed by atoms with Gasteiger partial charge >= 0.3 is 0 Å². The lowest BCUT2D eigenvalue weighted by Gasteiger charge is -2.08. The number of ether oxygens (including phenoxy) is 1. The summed E-state index contributed by atoms with van der Waals surface area (Å²) in [6.45, 7) is 0. The highest BCUT2D eigenvalue weighted by Gasteiger charge is 2.15. The molecule has 0 unspecified atom stereocenters. The summed E-state index contributed by atoms with van der Waals surface area (Å²) < 4.78 is 6.17. The van der Waals surface area contributed by atoms with E-state index in [9.17, 15) is 0 Å². The molecule has 96 valence electrons. The van der Waals surface area contributed by atoms with Crippen LogP contribution >= 0.6 is 38.9 Å². The Morgan fingerprint density at radius 1 is 1.32 bits per heavy atom. The lowest BCUT2D eigenvalue weighted by atomic mass is 10.2. The van der Waals surface area contributed by atoms with E-state index in [1.807, 2.05) is 12.1 Å². The first kappa shape index (κ1) is 12.8. The van der Waals surface area contributed by atoms with Gasteiger partial charge in [0.2, 0.25) is 0 Å². The van der Waals surface area contributed by atoms with Crippen LogP contribution in [0.4, 0.5) is 0 Å². The van der Waals surface area contributed by atoms with Crippen molar-refractivity contribution in [2.75, 3.05) is 7.11 Å². The quantitative estimate of drug-likeness (QED) is 0.646. The fourth-order valence-corrected chi connectivity index (χ4v) is 3.18. The minimum absolute atomic E-state index is 0.388. The third-order valence-corrected chi connectivity index (χ3v) is 4.29.